The van der Waals surface area contributed by atoms with Crippen LogP contribution in [0.2, 0.25) is 5.02 Å². The van der Waals surface area contributed by atoms with Gasteiger partial charge in [-0.3, -0.25) is 9.48 Å². The Kier molecular flexibility index (Phi) is 6.15. The zero-order valence-electron chi connectivity index (χ0n) is 17.0. The van der Waals surface area contributed by atoms with Crippen molar-refractivity contribution in [2.45, 2.75) is 38.4 Å². The van der Waals surface area contributed by atoms with Gasteiger partial charge in [0.15, 0.2) is 5.66 Å². The topological polar surface area (TPSA) is 86.9 Å². The lowest BCUT2D eigenvalue weighted by Crippen LogP contribution is -2.43. The van der Waals surface area contributed by atoms with E-state index in [0.717, 1.165) is 43.6 Å². The lowest BCUT2D eigenvalue weighted by atomic mass is 9.96. The van der Waals surface area contributed by atoms with Gasteiger partial charge in [0.05, 0.1) is 0 Å². The molecular weight excluding hydrogens is 402 g/mol. The molecule has 158 valence electrons. The zero-order valence-corrected chi connectivity index (χ0v) is 17.7. The van der Waals surface area contributed by atoms with Crippen LogP contribution in [-0.2, 0) is 17.8 Å². The third-order valence-corrected chi connectivity index (χ3v) is 5.86. The van der Waals surface area contributed by atoms with Gasteiger partial charge in [-0.1, -0.05) is 22.9 Å². The summed E-state index contributed by atoms with van der Waals surface area (Å²) in [4.78, 5) is 14.6. The Morgan fingerprint density at radius 3 is 2.90 bits per heavy atom. The Labute approximate surface area is 180 Å². The minimum absolute atomic E-state index is 0.0417. The van der Waals surface area contributed by atoms with Crippen molar-refractivity contribution in [3.05, 3.63) is 58.9 Å². The van der Waals surface area contributed by atoms with Crippen LogP contribution in [0, 0.1) is 5.92 Å². The minimum atomic E-state index is -0.548. The van der Waals surface area contributed by atoms with Crippen LogP contribution in [0.15, 0.2) is 53.1 Å². The van der Waals surface area contributed by atoms with Gasteiger partial charge in [0, 0.05) is 49.5 Å². The van der Waals surface area contributed by atoms with Gasteiger partial charge in [0.1, 0.15) is 0 Å². The molecule has 9 heteroatoms. The first-order valence-electron chi connectivity index (χ1n) is 10.2. The summed E-state index contributed by atoms with van der Waals surface area (Å²) in [5, 5.41) is 12.9. The van der Waals surface area contributed by atoms with E-state index in [1.165, 1.54) is 0 Å². The number of nitrogens with zero attached hydrogens (tertiary/aromatic N) is 5. The molecular formula is C21H26ClN7O. The molecule has 2 aromatic rings. The number of halogens is 1. The van der Waals surface area contributed by atoms with Gasteiger partial charge in [-0.15, -0.1) is 5.11 Å². The monoisotopic (exact) mass is 427 g/mol. The van der Waals surface area contributed by atoms with Gasteiger partial charge < -0.3 is 4.90 Å². The van der Waals surface area contributed by atoms with Crippen LogP contribution in [0.1, 0.15) is 30.9 Å². The van der Waals surface area contributed by atoms with E-state index < -0.39 is 5.66 Å². The van der Waals surface area contributed by atoms with Crippen molar-refractivity contribution in [2.24, 2.45) is 16.3 Å². The second kappa shape index (κ2) is 8.97. The highest BCUT2D eigenvalue weighted by Gasteiger charge is 2.28. The summed E-state index contributed by atoms with van der Waals surface area (Å²) < 4.78 is 1.97. The smallest absolute Gasteiger partial charge is 0.246 e. The molecule has 2 aliphatic rings. The molecule has 3 heterocycles. The van der Waals surface area contributed by atoms with E-state index in [9.17, 15) is 4.79 Å². The number of aromatic nitrogens is 2. The molecule has 1 unspecified atom stereocenters. The number of nitrogens with one attached hydrogen (secondary N) is 2. The maximum Gasteiger partial charge on any atom is 0.246 e. The molecule has 0 saturated carbocycles. The Morgan fingerprint density at radius 1 is 1.37 bits per heavy atom. The molecule has 2 aliphatic heterocycles. The molecule has 1 aromatic carbocycles. The fourth-order valence-corrected chi connectivity index (χ4v) is 4.12. The molecule has 8 nitrogen and oxygen atoms in total. The van der Waals surface area contributed by atoms with Crippen molar-refractivity contribution in [3.8, 4) is 0 Å². The Hall–Kier alpha value is -2.71. The second-order valence-corrected chi connectivity index (χ2v) is 8.50. The van der Waals surface area contributed by atoms with E-state index in [4.69, 9.17) is 11.6 Å². The lowest BCUT2D eigenvalue weighted by Gasteiger charge is -2.31. The highest BCUT2D eigenvalue weighted by Crippen LogP contribution is 2.25. The third-order valence-electron chi connectivity index (χ3n) is 5.62. The summed E-state index contributed by atoms with van der Waals surface area (Å²) in [5.74, 6) is 0.600. The maximum absolute atomic E-state index is 12.7. The second-order valence-electron chi connectivity index (χ2n) is 8.06. The first kappa shape index (κ1) is 20.6. The number of rotatable bonds is 6. The summed E-state index contributed by atoms with van der Waals surface area (Å²) in [6.07, 6.45) is 9.90. The average Bonchev–Trinajstić information content (AvgIpc) is 3.40. The molecule has 1 saturated heterocycles. The summed E-state index contributed by atoms with van der Waals surface area (Å²) in [5.41, 5.74) is 7.11. The van der Waals surface area contributed by atoms with Crippen molar-refractivity contribution in [3.63, 3.8) is 0 Å². The first-order valence-corrected chi connectivity index (χ1v) is 10.6. The van der Waals surface area contributed by atoms with Gasteiger partial charge in [-0.25, -0.2) is 5.53 Å². The number of likely N-dealkylation sites (tertiary alicyclic amines) is 1. The summed E-state index contributed by atoms with van der Waals surface area (Å²) in [7, 11) is 0. The van der Waals surface area contributed by atoms with E-state index in [1.807, 2.05) is 53.0 Å². The summed E-state index contributed by atoms with van der Waals surface area (Å²) >= 11 is 6.20. The zero-order chi connectivity index (χ0) is 21.0. The van der Waals surface area contributed by atoms with Gasteiger partial charge >= 0.3 is 0 Å². The Morgan fingerprint density at radius 2 is 2.20 bits per heavy atom. The summed E-state index contributed by atoms with van der Waals surface area (Å²) in [6.45, 7) is 4.41. The number of hydrogen-bond donors (Lipinski definition) is 2. The van der Waals surface area contributed by atoms with Crippen LogP contribution < -0.4 is 11.0 Å². The fourth-order valence-electron chi connectivity index (χ4n) is 3.92. The maximum atomic E-state index is 12.7. The number of benzene rings is 1. The van der Waals surface area contributed by atoms with Crippen molar-refractivity contribution in [1.82, 2.24) is 25.6 Å². The molecule has 30 heavy (non-hydrogen) atoms. The molecule has 1 aromatic heterocycles. The third kappa shape index (κ3) is 5.06. The molecule has 2 N–H and O–H groups in total. The van der Waals surface area contributed by atoms with Crippen molar-refractivity contribution >= 4 is 23.6 Å². The minimum Gasteiger partial charge on any atom is -0.339 e. The van der Waals surface area contributed by atoms with E-state index in [0.29, 0.717) is 17.4 Å². The molecule has 0 radical (unpaired) electrons. The molecule has 0 bridgehead atoms. The molecule has 1 amide bonds. The van der Waals surface area contributed by atoms with Crippen molar-refractivity contribution in [2.75, 3.05) is 13.1 Å². The number of hydrazine groups is 1. The van der Waals surface area contributed by atoms with Crippen molar-refractivity contribution in [1.29, 1.82) is 0 Å². The molecule has 4 rings (SSSR count). The average molecular weight is 428 g/mol. The molecule has 0 aliphatic carbocycles. The van der Waals surface area contributed by atoms with Gasteiger partial charge in [-0.2, -0.15) is 10.5 Å². The first-order chi connectivity index (χ1) is 14.5. The van der Waals surface area contributed by atoms with Crippen LogP contribution in [0.25, 0.3) is 6.08 Å². The normalized spacial score (nSPS) is 22.0. The standard InChI is InChI=1S/C21H26ClN7O/c1-21(24-26-27-25-21)14-18-13-19(22)5-3-17(18)4-6-20(30)28-11-7-16(8-12-28)15-29-10-2-9-23-29/h2-6,9-10,13,16H,7-8,11-12,14-15H2,1H3,(H,24,27)(H,25,26)/b6-4+. The lowest BCUT2D eigenvalue weighted by molar-refractivity contribution is -0.127. The van der Waals surface area contributed by atoms with Crippen LogP contribution in [0.5, 0.6) is 0 Å². The SMILES string of the molecule is CC1(Cc2cc(Cl)ccc2/C=C/C(=O)N2CCC(Cn3cccn3)CC2)N=NNN1. The van der Waals surface area contributed by atoms with Gasteiger partial charge in [-0.05, 0) is 61.1 Å². The molecule has 0 spiro atoms. The van der Waals surface area contributed by atoms with Gasteiger partial charge in [0.2, 0.25) is 5.91 Å². The van der Waals surface area contributed by atoms with E-state index >= 15 is 0 Å². The van der Waals surface area contributed by atoms with Crippen LogP contribution >= 0.6 is 11.6 Å². The number of carbonyl (C=O) groups excluding carboxylic acids is 1. The summed E-state index contributed by atoms with van der Waals surface area (Å²) in [6, 6.07) is 7.62. The number of amides is 1. The van der Waals surface area contributed by atoms with Crippen LogP contribution in [-0.4, -0.2) is 39.3 Å². The van der Waals surface area contributed by atoms with Crippen LogP contribution in [0.3, 0.4) is 0 Å². The highest BCUT2D eigenvalue weighted by molar-refractivity contribution is 6.30. The molecule has 1 atom stereocenters. The molecule has 1 fully saturated rings. The number of piperidine rings is 1. The quantitative estimate of drug-likeness (QED) is 0.693. The van der Waals surface area contributed by atoms with Crippen LogP contribution in [0.4, 0.5) is 0 Å². The Balaban J connectivity index is 1.36. The highest BCUT2D eigenvalue weighted by atomic mass is 35.5. The predicted molar refractivity (Wildman–Crippen MR) is 115 cm³/mol. The van der Waals surface area contributed by atoms with E-state index in [-0.39, 0.29) is 5.91 Å². The van der Waals surface area contributed by atoms with E-state index in [2.05, 4.69) is 26.4 Å². The fraction of sp³-hybridized carbons (Fsp3) is 0.429. The Bertz CT molecular complexity index is 935. The number of hydrogen-bond acceptors (Lipinski definition) is 6. The van der Waals surface area contributed by atoms with E-state index in [1.54, 1.807) is 12.3 Å². The predicted octanol–water partition coefficient (Wildman–Crippen LogP) is 3.22. The van der Waals surface area contributed by atoms with Gasteiger partial charge in [0.25, 0.3) is 0 Å². The largest absolute Gasteiger partial charge is 0.339 e. The van der Waals surface area contributed by atoms with Crippen molar-refractivity contribution < 1.29 is 4.79 Å². The number of carbonyl (C=O) groups is 1.